The average molecular weight is 370 g/mol. The molecule has 0 aliphatic heterocycles. The highest BCUT2D eigenvalue weighted by Gasteiger charge is 2.09. The fraction of sp³-hybridized carbons (Fsp3) is 0. The molecule has 0 amide bonds. The van der Waals surface area contributed by atoms with Crippen LogP contribution >= 0.6 is 29.0 Å². The number of hydrogen-bond donors (Lipinski definition) is 4. The number of phosphoric acid groups is 1. The summed E-state index contributed by atoms with van der Waals surface area (Å²) in [6, 6.07) is 1.32. The van der Waals surface area contributed by atoms with Gasteiger partial charge in [-0.3, -0.25) is 3.07 Å². The molecule has 6 nitrogen and oxygen atoms in total. The van der Waals surface area contributed by atoms with Gasteiger partial charge in [-0.2, -0.15) is 0 Å². The van der Waals surface area contributed by atoms with E-state index in [-0.39, 0.29) is 3.57 Å². The Morgan fingerprint density at radius 3 is 1.94 bits per heavy atom. The molecule has 0 unspecified atom stereocenters. The standard InChI is InChI=1S/C6H3F2IO2.H3O4P/c7-3-1-4(8)6(9-11)5(10)2-3;1-5(2,3)4/h1-2,10H;(H3,1,2,3,4). The average Bonchev–Trinajstić information content (AvgIpc) is 1.99. The molecule has 16 heavy (non-hydrogen) atoms. The number of benzene rings is 1. The fourth-order valence-electron chi connectivity index (χ4n) is 0.619. The van der Waals surface area contributed by atoms with Crippen LogP contribution in [0.25, 0.3) is 0 Å². The highest BCUT2D eigenvalue weighted by atomic mass is 127. The summed E-state index contributed by atoms with van der Waals surface area (Å²) in [7, 11) is -4.64. The summed E-state index contributed by atoms with van der Waals surface area (Å²) in [5.41, 5.74) is 0. The van der Waals surface area contributed by atoms with Crippen molar-refractivity contribution in [3.8, 4) is 5.75 Å². The van der Waals surface area contributed by atoms with Crippen molar-refractivity contribution < 1.29 is 36.2 Å². The van der Waals surface area contributed by atoms with E-state index in [1.54, 1.807) is 0 Å². The van der Waals surface area contributed by atoms with E-state index in [1.807, 2.05) is 0 Å². The van der Waals surface area contributed by atoms with E-state index in [4.69, 9.17) is 24.4 Å². The predicted molar refractivity (Wildman–Crippen MR) is 55.7 cm³/mol. The zero-order valence-electron chi connectivity index (χ0n) is 7.34. The van der Waals surface area contributed by atoms with Gasteiger partial charge in [-0.25, -0.2) is 13.3 Å². The second kappa shape index (κ2) is 6.30. The second-order valence-corrected chi connectivity index (χ2v) is 4.86. The summed E-state index contributed by atoms with van der Waals surface area (Å²) in [5.74, 6) is -2.41. The van der Waals surface area contributed by atoms with Crippen molar-refractivity contribution in [2.45, 2.75) is 0 Å². The largest absolute Gasteiger partial charge is 0.507 e. The number of hydrogen-bond acceptors (Lipinski definition) is 3. The minimum Gasteiger partial charge on any atom is -0.507 e. The van der Waals surface area contributed by atoms with Crippen LogP contribution in [0.2, 0.25) is 0 Å². The van der Waals surface area contributed by atoms with Crippen molar-refractivity contribution in [3.63, 3.8) is 0 Å². The third-order valence-electron chi connectivity index (χ3n) is 1.05. The third kappa shape index (κ3) is 6.90. The maximum atomic E-state index is 12.5. The van der Waals surface area contributed by atoms with E-state index in [9.17, 15) is 11.8 Å². The quantitative estimate of drug-likeness (QED) is 0.336. The minimum atomic E-state index is -4.64. The molecule has 0 fully saturated rings. The molecule has 0 aliphatic rings. The van der Waals surface area contributed by atoms with Gasteiger partial charge in [-0.15, -0.1) is 0 Å². The van der Waals surface area contributed by atoms with E-state index < -0.39 is 46.4 Å². The SMILES string of the molecule is O=Ic1c(O)cc(F)cc1F.O=P(O)(O)O. The van der Waals surface area contributed by atoms with E-state index in [2.05, 4.69) is 0 Å². The topological polar surface area (TPSA) is 115 Å². The van der Waals surface area contributed by atoms with Crippen LogP contribution in [-0.4, -0.2) is 19.8 Å². The molecule has 0 spiro atoms. The van der Waals surface area contributed by atoms with Crippen molar-refractivity contribution in [1.82, 2.24) is 0 Å². The number of phenolic OH excluding ortho intramolecular Hbond substituents is 1. The number of aromatic hydroxyl groups is 1. The lowest BCUT2D eigenvalue weighted by Gasteiger charge is -1.96. The monoisotopic (exact) mass is 370 g/mol. The summed E-state index contributed by atoms with van der Waals surface area (Å²) >= 11 is -1.79. The van der Waals surface area contributed by atoms with Crippen LogP contribution in [0.4, 0.5) is 8.78 Å². The normalized spacial score (nSPS) is 10.6. The summed E-state index contributed by atoms with van der Waals surface area (Å²) in [6.45, 7) is 0. The maximum absolute atomic E-state index is 12.5. The first-order valence-corrected chi connectivity index (χ1v) is 6.91. The number of rotatable bonds is 1. The Morgan fingerprint density at radius 1 is 1.19 bits per heavy atom. The van der Waals surface area contributed by atoms with Crippen molar-refractivity contribution >= 4 is 29.0 Å². The molecule has 0 atom stereocenters. The lowest BCUT2D eigenvalue weighted by molar-refractivity contribution is 0.275. The van der Waals surface area contributed by atoms with E-state index in [1.165, 1.54) is 0 Å². The fourth-order valence-corrected chi connectivity index (χ4v) is 1.37. The highest BCUT2D eigenvalue weighted by Crippen LogP contribution is 2.26. The first-order chi connectivity index (χ1) is 7.15. The van der Waals surface area contributed by atoms with Crippen molar-refractivity contribution in [3.05, 3.63) is 27.3 Å². The second-order valence-electron chi connectivity index (χ2n) is 2.31. The van der Waals surface area contributed by atoms with Gasteiger partial charge in [0.15, 0.2) is 21.2 Å². The van der Waals surface area contributed by atoms with E-state index >= 15 is 0 Å². The lowest BCUT2D eigenvalue weighted by Crippen LogP contribution is -1.85. The lowest BCUT2D eigenvalue weighted by atomic mass is 10.3. The Balaban J connectivity index is 0.000000385. The Morgan fingerprint density at radius 2 is 1.62 bits per heavy atom. The number of halogens is 3. The molecule has 1 rings (SSSR count). The molecule has 0 saturated heterocycles. The molecule has 1 aromatic carbocycles. The molecular weight excluding hydrogens is 364 g/mol. The summed E-state index contributed by atoms with van der Waals surface area (Å²) < 4.78 is 43.7. The van der Waals surface area contributed by atoms with Gasteiger partial charge >= 0.3 is 7.82 Å². The van der Waals surface area contributed by atoms with E-state index in [0.29, 0.717) is 6.07 Å². The molecule has 1 aromatic rings. The molecule has 0 saturated carbocycles. The first-order valence-electron chi connectivity index (χ1n) is 3.38. The Kier molecular flexibility index (Phi) is 6.11. The maximum Gasteiger partial charge on any atom is 0.466 e. The van der Waals surface area contributed by atoms with Crippen LogP contribution < -0.4 is 0 Å². The van der Waals surface area contributed by atoms with Crippen LogP contribution in [-0.2, 0) is 7.63 Å². The zero-order valence-corrected chi connectivity index (χ0v) is 10.4. The molecule has 0 aromatic heterocycles. The molecule has 0 heterocycles. The molecular formula is C6H6F2IO6P. The molecule has 0 aliphatic carbocycles. The van der Waals surface area contributed by atoms with Crippen LogP contribution in [0.5, 0.6) is 5.75 Å². The molecule has 92 valence electrons. The Hall–Kier alpha value is -0.480. The van der Waals surface area contributed by atoms with Crippen LogP contribution in [0.1, 0.15) is 0 Å². The van der Waals surface area contributed by atoms with Gasteiger partial charge in [0.2, 0.25) is 0 Å². The zero-order chi connectivity index (χ0) is 12.9. The molecule has 0 bridgehead atoms. The van der Waals surface area contributed by atoms with Gasteiger partial charge in [-0.05, 0) is 0 Å². The van der Waals surface area contributed by atoms with Gasteiger partial charge in [0.25, 0.3) is 0 Å². The highest BCUT2D eigenvalue weighted by molar-refractivity contribution is 14.1. The van der Waals surface area contributed by atoms with Gasteiger partial charge < -0.3 is 19.8 Å². The van der Waals surface area contributed by atoms with Crippen molar-refractivity contribution in [2.75, 3.05) is 0 Å². The summed E-state index contributed by atoms with van der Waals surface area (Å²) in [6.07, 6.45) is 0. The Bertz CT molecular complexity index is 402. The third-order valence-corrected chi connectivity index (χ3v) is 2.56. The predicted octanol–water partition coefficient (Wildman–Crippen LogP) is 1.23. The van der Waals surface area contributed by atoms with Gasteiger partial charge in [0.05, 0.1) is 0 Å². The molecule has 0 radical (unpaired) electrons. The smallest absolute Gasteiger partial charge is 0.466 e. The van der Waals surface area contributed by atoms with Gasteiger partial charge in [0, 0.05) is 12.1 Å². The number of phenols is 1. The van der Waals surface area contributed by atoms with Gasteiger partial charge in [0.1, 0.15) is 21.0 Å². The summed E-state index contributed by atoms with van der Waals surface area (Å²) in [5, 5.41) is 8.82. The molecule has 4 N–H and O–H groups in total. The Labute approximate surface area is 98.4 Å². The van der Waals surface area contributed by atoms with Crippen LogP contribution in [0.3, 0.4) is 0 Å². The summed E-state index contributed by atoms with van der Waals surface area (Å²) in [4.78, 5) is 21.6. The molecule has 10 heteroatoms. The van der Waals surface area contributed by atoms with Crippen LogP contribution in [0, 0.1) is 15.2 Å². The first kappa shape index (κ1) is 15.5. The van der Waals surface area contributed by atoms with Crippen molar-refractivity contribution in [2.24, 2.45) is 0 Å². The van der Waals surface area contributed by atoms with Crippen LogP contribution in [0.15, 0.2) is 12.1 Å². The van der Waals surface area contributed by atoms with Crippen molar-refractivity contribution in [1.29, 1.82) is 0 Å². The minimum absolute atomic E-state index is 0.287. The van der Waals surface area contributed by atoms with E-state index in [0.717, 1.165) is 6.07 Å². The van der Waals surface area contributed by atoms with Gasteiger partial charge in [-0.1, -0.05) is 0 Å².